The molecule has 1 fully saturated rings. The van der Waals surface area contributed by atoms with Gasteiger partial charge in [-0.25, -0.2) is 19.5 Å². The Bertz CT molecular complexity index is 2280. The number of anilines is 1. The van der Waals surface area contributed by atoms with Crippen molar-refractivity contribution in [3.63, 3.8) is 0 Å². The minimum atomic E-state index is -4.23. The van der Waals surface area contributed by atoms with E-state index in [-0.39, 0.29) is 30.0 Å². The van der Waals surface area contributed by atoms with E-state index in [1.807, 2.05) is 23.6 Å². The lowest BCUT2D eigenvalue weighted by Gasteiger charge is -2.14. The highest BCUT2D eigenvalue weighted by Crippen LogP contribution is 2.31. The number of alkyl halides is 3. The standard InChI is InChI=1S/C19H21ClN4OS.C16H15ClF3N5O/c1-2-23-12-21-16-17(23)22-19(26-11-13-5-3-4-6-13)24(18(16)25)15-9-7-14(20)8-10-15;1-24-9-22-12-13(24)23-15(21-8-2-7-16(18,19)20)25(14(12)26)11-5-3-10(17)4-6-11/h7-10,12-13H,2-6,11H2,1H3;3-6,9H,2,7-8H2,1H3,(H,21,23). The second-order valence-electron chi connectivity index (χ2n) is 12.4. The first kappa shape index (κ1) is 37.4. The number of halogens is 5. The summed E-state index contributed by atoms with van der Waals surface area (Å²) in [7, 11) is 1.68. The van der Waals surface area contributed by atoms with E-state index in [1.54, 1.807) is 70.7 Å². The molecule has 1 aliphatic rings. The molecular formula is C35H36Cl2F3N9O2S. The lowest BCUT2D eigenvalue weighted by atomic mass is 10.1. The van der Waals surface area contributed by atoms with Gasteiger partial charge < -0.3 is 14.5 Å². The Balaban J connectivity index is 0.000000179. The number of imidazole rings is 2. The Morgan fingerprint density at radius 3 is 2.04 bits per heavy atom. The van der Waals surface area contributed by atoms with Crippen molar-refractivity contribution < 1.29 is 13.2 Å². The van der Waals surface area contributed by atoms with E-state index in [0.29, 0.717) is 38.5 Å². The van der Waals surface area contributed by atoms with Crippen LogP contribution in [0.1, 0.15) is 45.4 Å². The van der Waals surface area contributed by atoms with Crippen LogP contribution in [-0.4, -0.2) is 56.7 Å². The first-order valence-electron chi connectivity index (χ1n) is 16.8. The van der Waals surface area contributed by atoms with Crippen molar-refractivity contribution in [3.8, 4) is 11.4 Å². The summed E-state index contributed by atoms with van der Waals surface area (Å²) in [4.78, 5) is 43.5. The van der Waals surface area contributed by atoms with E-state index in [2.05, 4.69) is 20.3 Å². The number of fused-ring (bicyclic) bond motifs is 2. The van der Waals surface area contributed by atoms with Gasteiger partial charge in [-0.3, -0.25) is 14.2 Å². The van der Waals surface area contributed by atoms with Gasteiger partial charge in [0.25, 0.3) is 11.1 Å². The molecule has 0 saturated heterocycles. The van der Waals surface area contributed by atoms with Gasteiger partial charge in [-0.1, -0.05) is 47.8 Å². The van der Waals surface area contributed by atoms with Crippen LogP contribution in [0.3, 0.4) is 0 Å². The number of benzene rings is 2. The molecule has 6 aromatic rings. The maximum absolute atomic E-state index is 13.2. The SMILES string of the molecule is CCn1cnc2c(=O)n(-c3ccc(Cl)cc3)c(SCC3CCCC3)nc21.Cn1cnc2c(=O)n(-c3ccc(Cl)cc3)c(NCCCC(F)(F)F)nc21. The zero-order valence-electron chi connectivity index (χ0n) is 28.4. The molecule has 11 nitrogen and oxygen atoms in total. The number of nitrogens with one attached hydrogen (secondary N) is 1. The average Bonchev–Trinajstić information content (AvgIpc) is 3.88. The number of aromatic nitrogens is 8. The molecular weight excluding hydrogens is 738 g/mol. The number of thioether (sulfide) groups is 1. The van der Waals surface area contributed by atoms with Crippen molar-refractivity contribution in [2.45, 2.75) is 63.3 Å². The van der Waals surface area contributed by atoms with Crippen molar-refractivity contribution in [3.05, 3.63) is 91.9 Å². The van der Waals surface area contributed by atoms with E-state index < -0.39 is 18.2 Å². The zero-order chi connectivity index (χ0) is 37.0. The average molecular weight is 775 g/mol. The van der Waals surface area contributed by atoms with Gasteiger partial charge in [-0.2, -0.15) is 18.2 Å². The van der Waals surface area contributed by atoms with Gasteiger partial charge in [0.2, 0.25) is 5.95 Å². The monoisotopic (exact) mass is 773 g/mol. The highest BCUT2D eigenvalue weighted by Gasteiger charge is 2.26. The van der Waals surface area contributed by atoms with E-state index in [4.69, 9.17) is 28.2 Å². The summed E-state index contributed by atoms with van der Waals surface area (Å²) in [5, 5.41) is 4.69. The Hall–Kier alpha value is -4.34. The second-order valence-corrected chi connectivity index (χ2v) is 14.3. The van der Waals surface area contributed by atoms with Crippen LogP contribution in [0.25, 0.3) is 33.7 Å². The molecule has 52 heavy (non-hydrogen) atoms. The summed E-state index contributed by atoms with van der Waals surface area (Å²) in [6.07, 6.45) is 3.03. The van der Waals surface area contributed by atoms with Crippen LogP contribution in [0.2, 0.25) is 10.0 Å². The lowest BCUT2D eigenvalue weighted by molar-refractivity contribution is -0.134. The lowest BCUT2D eigenvalue weighted by Crippen LogP contribution is -2.25. The van der Waals surface area contributed by atoms with Gasteiger partial charge in [0, 0.05) is 42.4 Å². The van der Waals surface area contributed by atoms with Gasteiger partial charge in [0.05, 0.1) is 24.0 Å². The molecule has 1 aliphatic carbocycles. The first-order chi connectivity index (χ1) is 24.9. The third-order valence-electron chi connectivity index (χ3n) is 8.70. The van der Waals surface area contributed by atoms with Crippen molar-refractivity contribution in [1.82, 2.24) is 38.2 Å². The maximum Gasteiger partial charge on any atom is 0.389 e. The molecule has 0 unspecified atom stereocenters. The minimum Gasteiger partial charge on any atom is -0.355 e. The fourth-order valence-corrected chi connectivity index (χ4v) is 7.43. The summed E-state index contributed by atoms with van der Waals surface area (Å²) < 4.78 is 43.4. The van der Waals surface area contributed by atoms with Gasteiger partial charge >= 0.3 is 6.18 Å². The van der Waals surface area contributed by atoms with Crippen molar-refractivity contribution in [2.75, 3.05) is 17.6 Å². The number of rotatable bonds is 10. The number of hydrogen-bond acceptors (Lipinski definition) is 8. The van der Waals surface area contributed by atoms with Gasteiger partial charge in [0.1, 0.15) is 0 Å². The summed E-state index contributed by atoms with van der Waals surface area (Å²) in [5.41, 5.74) is 2.30. The molecule has 4 heterocycles. The quantitative estimate of drug-likeness (QED) is 0.0845. The largest absolute Gasteiger partial charge is 0.389 e. The zero-order valence-corrected chi connectivity index (χ0v) is 30.7. The van der Waals surface area contributed by atoms with Crippen molar-refractivity contribution in [2.24, 2.45) is 13.0 Å². The molecule has 7 rings (SSSR count). The summed E-state index contributed by atoms with van der Waals surface area (Å²) in [5.74, 6) is 1.85. The third-order valence-corrected chi connectivity index (χ3v) is 10.4. The third kappa shape index (κ3) is 8.48. The predicted octanol–water partition coefficient (Wildman–Crippen LogP) is 8.06. The molecule has 2 aromatic carbocycles. The number of nitrogens with zero attached hydrogens (tertiary/aromatic N) is 8. The van der Waals surface area contributed by atoms with E-state index in [9.17, 15) is 22.8 Å². The predicted molar refractivity (Wildman–Crippen MR) is 199 cm³/mol. The van der Waals surface area contributed by atoms with Crippen LogP contribution in [0, 0.1) is 5.92 Å². The fraction of sp³-hybridized carbons (Fsp3) is 0.371. The van der Waals surface area contributed by atoms with E-state index in [1.165, 1.54) is 36.6 Å². The molecule has 4 aromatic heterocycles. The van der Waals surface area contributed by atoms with E-state index >= 15 is 0 Å². The summed E-state index contributed by atoms with van der Waals surface area (Å²) in [6, 6.07) is 13.8. The van der Waals surface area contributed by atoms with E-state index in [0.717, 1.165) is 23.1 Å². The number of hydrogen-bond donors (Lipinski definition) is 1. The minimum absolute atomic E-state index is 0.0168. The van der Waals surface area contributed by atoms with Crippen molar-refractivity contribution in [1.29, 1.82) is 0 Å². The summed E-state index contributed by atoms with van der Waals surface area (Å²) in [6.45, 7) is 2.78. The molecule has 0 aliphatic heterocycles. The maximum atomic E-state index is 13.2. The Morgan fingerprint density at radius 1 is 0.846 bits per heavy atom. The van der Waals surface area contributed by atoms with Crippen LogP contribution in [-0.2, 0) is 13.6 Å². The molecule has 0 spiro atoms. The second kappa shape index (κ2) is 16.1. The van der Waals surface area contributed by atoms with Gasteiger partial charge in [0.15, 0.2) is 27.5 Å². The molecule has 17 heteroatoms. The van der Waals surface area contributed by atoms with Gasteiger partial charge in [-0.15, -0.1) is 0 Å². The van der Waals surface area contributed by atoms with Gasteiger partial charge in [-0.05, 0) is 80.6 Å². The van der Waals surface area contributed by atoms with Crippen LogP contribution < -0.4 is 16.4 Å². The Kier molecular flexibility index (Phi) is 11.6. The molecule has 1 saturated carbocycles. The molecule has 0 amide bonds. The molecule has 0 bridgehead atoms. The normalized spacial score (nSPS) is 13.5. The van der Waals surface area contributed by atoms with Crippen LogP contribution in [0.5, 0.6) is 0 Å². The smallest absolute Gasteiger partial charge is 0.355 e. The topological polar surface area (TPSA) is 117 Å². The molecule has 0 radical (unpaired) electrons. The highest BCUT2D eigenvalue weighted by molar-refractivity contribution is 7.99. The Morgan fingerprint density at radius 2 is 1.42 bits per heavy atom. The van der Waals surface area contributed by atoms with Crippen LogP contribution in [0.15, 0.2) is 75.9 Å². The fourth-order valence-electron chi connectivity index (χ4n) is 5.99. The molecule has 274 valence electrons. The van der Waals surface area contributed by atoms with Crippen LogP contribution in [0.4, 0.5) is 19.1 Å². The Labute approximate surface area is 310 Å². The molecule has 1 N–H and O–H groups in total. The van der Waals surface area contributed by atoms with Crippen LogP contribution >= 0.6 is 35.0 Å². The van der Waals surface area contributed by atoms with Crippen molar-refractivity contribution >= 4 is 63.2 Å². The highest BCUT2D eigenvalue weighted by atomic mass is 35.5. The summed E-state index contributed by atoms with van der Waals surface area (Å²) >= 11 is 13.6. The number of aryl methyl sites for hydroxylation is 2. The molecule has 0 atom stereocenters. The first-order valence-corrected chi connectivity index (χ1v) is 18.5.